The molecule has 8 nitrogen and oxygen atoms in total. The zero-order chi connectivity index (χ0) is 22.5. The summed E-state index contributed by atoms with van der Waals surface area (Å²) in [5, 5.41) is 11.1. The summed E-state index contributed by atoms with van der Waals surface area (Å²) in [5.41, 5.74) is 0.998. The summed E-state index contributed by atoms with van der Waals surface area (Å²) in [7, 11) is 6.05. The molecule has 3 rings (SSSR count). The van der Waals surface area contributed by atoms with Crippen LogP contribution in [-0.4, -0.2) is 63.3 Å². The summed E-state index contributed by atoms with van der Waals surface area (Å²) < 4.78 is 20.8. The van der Waals surface area contributed by atoms with Gasteiger partial charge in [-0.3, -0.25) is 9.59 Å². The Balaban J connectivity index is 2.15. The first kappa shape index (κ1) is 22.2. The second-order valence-corrected chi connectivity index (χ2v) is 6.83. The Labute approximate surface area is 180 Å². The van der Waals surface area contributed by atoms with Crippen molar-refractivity contribution in [3.8, 4) is 17.2 Å². The second-order valence-electron chi connectivity index (χ2n) is 6.83. The molecular formula is C23H25NO7. The van der Waals surface area contributed by atoms with Crippen LogP contribution < -0.4 is 14.2 Å². The molecule has 0 bridgehead atoms. The predicted octanol–water partition coefficient (Wildman–Crippen LogP) is 2.78. The third-order valence-corrected chi connectivity index (χ3v) is 5.16. The van der Waals surface area contributed by atoms with Crippen molar-refractivity contribution in [2.75, 3.05) is 41.6 Å². The molecule has 1 aliphatic heterocycles. The normalized spacial score (nSPS) is 17.7. The predicted molar refractivity (Wildman–Crippen MR) is 113 cm³/mol. The number of methoxy groups -OCH3 is 4. The van der Waals surface area contributed by atoms with Gasteiger partial charge in [-0.25, -0.2) is 0 Å². The second kappa shape index (κ2) is 9.53. The number of benzene rings is 2. The molecule has 1 saturated heterocycles. The number of likely N-dealkylation sites (tertiary alicyclic amines) is 1. The zero-order valence-corrected chi connectivity index (χ0v) is 17.9. The molecule has 0 spiro atoms. The van der Waals surface area contributed by atoms with E-state index in [1.807, 2.05) is 0 Å². The molecule has 1 heterocycles. The van der Waals surface area contributed by atoms with E-state index in [0.29, 0.717) is 28.4 Å². The summed E-state index contributed by atoms with van der Waals surface area (Å²) in [6, 6.07) is 11.0. The molecular weight excluding hydrogens is 402 g/mol. The molecule has 0 radical (unpaired) electrons. The first-order chi connectivity index (χ1) is 15.0. The number of aliphatic hydroxyl groups excluding tert-OH is 1. The molecule has 31 heavy (non-hydrogen) atoms. The van der Waals surface area contributed by atoms with Crippen molar-refractivity contribution in [3.63, 3.8) is 0 Å². The number of ketones is 1. The highest BCUT2D eigenvalue weighted by Gasteiger charge is 2.45. The Morgan fingerprint density at radius 1 is 0.935 bits per heavy atom. The van der Waals surface area contributed by atoms with Crippen LogP contribution in [0, 0.1) is 0 Å². The van der Waals surface area contributed by atoms with Crippen LogP contribution in [0.3, 0.4) is 0 Å². The highest BCUT2D eigenvalue weighted by molar-refractivity contribution is 6.46. The molecule has 1 atom stereocenters. The van der Waals surface area contributed by atoms with Crippen LogP contribution in [-0.2, 0) is 14.3 Å². The Morgan fingerprint density at radius 3 is 2.19 bits per heavy atom. The number of carbonyl (C=O) groups is 2. The van der Waals surface area contributed by atoms with Gasteiger partial charge < -0.3 is 29.0 Å². The molecule has 1 amide bonds. The monoisotopic (exact) mass is 427 g/mol. The number of hydrogen-bond acceptors (Lipinski definition) is 7. The number of aliphatic hydroxyl groups is 1. The summed E-state index contributed by atoms with van der Waals surface area (Å²) in [4.78, 5) is 27.1. The Kier molecular flexibility index (Phi) is 6.81. The van der Waals surface area contributed by atoms with Gasteiger partial charge in [0.05, 0.1) is 39.6 Å². The lowest BCUT2D eigenvalue weighted by molar-refractivity contribution is -0.140. The lowest BCUT2D eigenvalue weighted by Crippen LogP contribution is -2.32. The molecule has 1 fully saturated rings. The van der Waals surface area contributed by atoms with Crippen LogP contribution in [0.2, 0.25) is 0 Å². The third-order valence-electron chi connectivity index (χ3n) is 5.16. The molecule has 2 aromatic rings. The van der Waals surface area contributed by atoms with Crippen LogP contribution in [0.1, 0.15) is 17.2 Å². The number of amides is 1. The quantitative estimate of drug-likeness (QED) is 0.393. The van der Waals surface area contributed by atoms with E-state index in [4.69, 9.17) is 18.9 Å². The van der Waals surface area contributed by atoms with Gasteiger partial charge in [-0.15, -0.1) is 0 Å². The number of rotatable bonds is 8. The lowest BCUT2D eigenvalue weighted by atomic mass is 9.95. The van der Waals surface area contributed by atoms with Crippen molar-refractivity contribution in [1.29, 1.82) is 0 Å². The SMILES string of the molecule is COCCN1C(=O)C(=O)/C(=C(\O)c2ccc(OC)c(OC)c2)C1c1ccc(OC)cc1. The van der Waals surface area contributed by atoms with Gasteiger partial charge in [-0.2, -0.15) is 0 Å². The van der Waals surface area contributed by atoms with Crippen molar-refractivity contribution in [2.24, 2.45) is 0 Å². The maximum Gasteiger partial charge on any atom is 0.295 e. The van der Waals surface area contributed by atoms with Crippen LogP contribution in [0.5, 0.6) is 17.2 Å². The van der Waals surface area contributed by atoms with Gasteiger partial charge in [0.1, 0.15) is 11.5 Å². The lowest BCUT2D eigenvalue weighted by Gasteiger charge is -2.25. The first-order valence-electron chi connectivity index (χ1n) is 9.60. The average molecular weight is 427 g/mol. The third kappa shape index (κ3) is 4.20. The highest BCUT2D eigenvalue weighted by Crippen LogP contribution is 2.40. The maximum absolute atomic E-state index is 12.9. The van der Waals surface area contributed by atoms with E-state index in [9.17, 15) is 14.7 Å². The Morgan fingerprint density at radius 2 is 1.61 bits per heavy atom. The number of hydrogen-bond donors (Lipinski definition) is 1. The summed E-state index contributed by atoms with van der Waals surface area (Å²) in [5.74, 6) is -0.242. The fraction of sp³-hybridized carbons (Fsp3) is 0.304. The number of ether oxygens (including phenoxy) is 4. The summed E-state index contributed by atoms with van der Waals surface area (Å²) in [6.07, 6.45) is 0. The van der Waals surface area contributed by atoms with Gasteiger partial charge in [-0.05, 0) is 35.9 Å². The maximum atomic E-state index is 12.9. The molecule has 0 aromatic heterocycles. The topological polar surface area (TPSA) is 94.5 Å². The Hall–Kier alpha value is -3.52. The fourth-order valence-electron chi connectivity index (χ4n) is 3.57. The molecule has 1 unspecified atom stereocenters. The van der Waals surface area contributed by atoms with E-state index in [-0.39, 0.29) is 24.5 Å². The minimum atomic E-state index is -0.769. The van der Waals surface area contributed by atoms with E-state index in [2.05, 4.69) is 0 Å². The van der Waals surface area contributed by atoms with Crippen molar-refractivity contribution in [2.45, 2.75) is 6.04 Å². The zero-order valence-electron chi connectivity index (χ0n) is 17.9. The average Bonchev–Trinajstić information content (AvgIpc) is 3.06. The van der Waals surface area contributed by atoms with Gasteiger partial charge in [0.15, 0.2) is 11.5 Å². The molecule has 2 aromatic carbocycles. The Bertz CT molecular complexity index is 997. The smallest absolute Gasteiger partial charge is 0.295 e. The highest BCUT2D eigenvalue weighted by atomic mass is 16.5. The minimum Gasteiger partial charge on any atom is -0.507 e. The minimum absolute atomic E-state index is 0.00140. The molecule has 1 aliphatic rings. The van der Waals surface area contributed by atoms with Crippen LogP contribution in [0.15, 0.2) is 48.0 Å². The van der Waals surface area contributed by atoms with Gasteiger partial charge >= 0.3 is 0 Å². The van der Waals surface area contributed by atoms with Gasteiger partial charge in [0, 0.05) is 19.2 Å². The molecule has 0 saturated carbocycles. The fourth-order valence-corrected chi connectivity index (χ4v) is 3.57. The number of nitrogens with zero attached hydrogens (tertiary/aromatic N) is 1. The van der Waals surface area contributed by atoms with Gasteiger partial charge in [0.25, 0.3) is 11.7 Å². The molecule has 164 valence electrons. The van der Waals surface area contributed by atoms with E-state index in [1.165, 1.54) is 26.2 Å². The number of Topliss-reactive ketones (excluding diaryl/α,β-unsaturated/α-hetero) is 1. The summed E-state index contributed by atoms with van der Waals surface area (Å²) in [6.45, 7) is 0.441. The summed E-state index contributed by atoms with van der Waals surface area (Å²) >= 11 is 0. The standard InChI is InChI=1S/C23H25NO7/c1-28-12-11-24-20(14-5-8-16(29-2)9-6-14)19(22(26)23(24)27)21(25)15-7-10-17(30-3)18(13-15)31-4/h5-10,13,20,25H,11-12H2,1-4H3/b21-19-. The first-order valence-corrected chi connectivity index (χ1v) is 9.60. The molecule has 8 heteroatoms. The number of carbonyl (C=O) groups excluding carboxylic acids is 2. The van der Waals surface area contributed by atoms with Crippen molar-refractivity contribution < 1.29 is 33.6 Å². The van der Waals surface area contributed by atoms with Crippen molar-refractivity contribution in [1.82, 2.24) is 4.90 Å². The largest absolute Gasteiger partial charge is 0.507 e. The van der Waals surface area contributed by atoms with Crippen LogP contribution in [0.25, 0.3) is 5.76 Å². The van der Waals surface area contributed by atoms with Crippen molar-refractivity contribution >= 4 is 17.4 Å². The van der Waals surface area contributed by atoms with Crippen LogP contribution in [0.4, 0.5) is 0 Å². The van der Waals surface area contributed by atoms with Crippen molar-refractivity contribution in [3.05, 3.63) is 59.2 Å². The van der Waals surface area contributed by atoms with Gasteiger partial charge in [-0.1, -0.05) is 12.1 Å². The van der Waals surface area contributed by atoms with E-state index in [0.717, 1.165) is 0 Å². The van der Waals surface area contributed by atoms with E-state index < -0.39 is 17.7 Å². The van der Waals surface area contributed by atoms with Gasteiger partial charge in [0.2, 0.25) is 0 Å². The molecule has 1 N–H and O–H groups in total. The molecule has 0 aliphatic carbocycles. The van der Waals surface area contributed by atoms with E-state index in [1.54, 1.807) is 49.6 Å². The van der Waals surface area contributed by atoms with E-state index >= 15 is 0 Å². The van der Waals surface area contributed by atoms with Crippen LogP contribution >= 0.6 is 0 Å².